The Morgan fingerprint density at radius 1 is 1.47 bits per heavy atom. The molecule has 0 fully saturated rings. The Hall–Kier alpha value is -0.750. The summed E-state index contributed by atoms with van der Waals surface area (Å²) in [6, 6.07) is 7.71. The van der Waals surface area contributed by atoms with Crippen molar-refractivity contribution in [3.63, 3.8) is 0 Å². The third-order valence-corrected chi connectivity index (χ3v) is 3.04. The first-order valence-electron chi connectivity index (χ1n) is 4.38. The largest absolute Gasteiger partial charge is 0.381 e. The minimum atomic E-state index is 0.567. The zero-order valence-corrected chi connectivity index (χ0v) is 10.7. The van der Waals surface area contributed by atoms with Crippen molar-refractivity contribution in [1.82, 2.24) is 9.78 Å². The molecule has 0 atom stereocenters. The highest BCUT2D eigenvalue weighted by Crippen LogP contribution is 2.15. The van der Waals surface area contributed by atoms with E-state index in [2.05, 4.69) is 27.7 Å². The third-order valence-electron chi connectivity index (χ3n) is 1.98. The molecule has 15 heavy (non-hydrogen) atoms. The molecule has 0 bridgehead atoms. The van der Waals surface area contributed by atoms with Gasteiger partial charge in [-0.05, 0) is 40.3 Å². The summed E-state index contributed by atoms with van der Waals surface area (Å²) < 4.78 is 2.78. The molecule has 0 aliphatic rings. The molecule has 0 unspecified atom stereocenters. The zero-order chi connectivity index (χ0) is 10.8. The molecule has 0 saturated carbocycles. The normalized spacial score (nSPS) is 10.5. The fourth-order valence-corrected chi connectivity index (χ4v) is 1.96. The van der Waals surface area contributed by atoms with Crippen molar-refractivity contribution in [2.45, 2.75) is 6.54 Å². The van der Waals surface area contributed by atoms with E-state index >= 15 is 0 Å². The summed E-state index contributed by atoms with van der Waals surface area (Å²) in [5.41, 5.74) is 6.77. The van der Waals surface area contributed by atoms with Gasteiger partial charge in [-0.25, -0.2) is 0 Å². The number of hydrogen-bond acceptors (Lipinski definition) is 2. The van der Waals surface area contributed by atoms with Gasteiger partial charge in [-0.15, -0.1) is 0 Å². The Morgan fingerprint density at radius 2 is 2.27 bits per heavy atom. The lowest BCUT2D eigenvalue weighted by molar-refractivity contribution is 0.690. The van der Waals surface area contributed by atoms with Crippen LogP contribution in [-0.4, -0.2) is 9.78 Å². The van der Waals surface area contributed by atoms with Crippen LogP contribution < -0.4 is 5.73 Å². The van der Waals surface area contributed by atoms with Crippen LogP contribution in [0.15, 0.2) is 30.5 Å². The van der Waals surface area contributed by atoms with E-state index in [0.717, 1.165) is 14.2 Å². The van der Waals surface area contributed by atoms with Crippen LogP contribution in [0.5, 0.6) is 0 Å². The fourth-order valence-electron chi connectivity index (χ4n) is 1.32. The van der Waals surface area contributed by atoms with Gasteiger partial charge in [0.15, 0.2) is 5.82 Å². The van der Waals surface area contributed by atoms with Crippen molar-refractivity contribution < 1.29 is 0 Å². The molecule has 3 nitrogen and oxygen atoms in total. The van der Waals surface area contributed by atoms with Gasteiger partial charge in [0.1, 0.15) is 0 Å². The lowest BCUT2D eigenvalue weighted by Crippen LogP contribution is -2.00. The molecule has 2 rings (SSSR count). The second-order valence-electron chi connectivity index (χ2n) is 3.19. The number of nitrogens with zero attached hydrogens (tertiary/aromatic N) is 2. The van der Waals surface area contributed by atoms with Crippen LogP contribution in [-0.2, 0) is 6.54 Å². The Labute approximate surface area is 106 Å². The van der Waals surface area contributed by atoms with Crippen LogP contribution in [0.1, 0.15) is 5.56 Å². The number of nitrogens with two attached hydrogens (primary N) is 1. The Balaban J connectivity index is 2.22. The van der Waals surface area contributed by atoms with Gasteiger partial charge < -0.3 is 5.73 Å². The van der Waals surface area contributed by atoms with Crippen LogP contribution >= 0.6 is 34.2 Å². The van der Waals surface area contributed by atoms with E-state index in [-0.39, 0.29) is 0 Å². The highest BCUT2D eigenvalue weighted by Gasteiger charge is 2.02. The minimum absolute atomic E-state index is 0.567. The molecule has 1 aromatic carbocycles. The predicted molar refractivity (Wildman–Crippen MR) is 69.9 cm³/mol. The first kappa shape index (κ1) is 10.8. The minimum Gasteiger partial charge on any atom is -0.381 e. The van der Waals surface area contributed by atoms with Gasteiger partial charge in [0, 0.05) is 11.2 Å². The standard InChI is InChI=1S/C10H9ClIN3/c11-8-3-1-2-7(4-8)5-15-6-9(12)10(13)14-15/h1-4,6H,5H2,(H2,13,14). The monoisotopic (exact) mass is 333 g/mol. The molecule has 2 aromatic rings. The van der Waals surface area contributed by atoms with Gasteiger partial charge in [0.25, 0.3) is 0 Å². The summed E-state index contributed by atoms with van der Waals surface area (Å²) in [7, 11) is 0. The number of halogens is 2. The number of aromatic nitrogens is 2. The lowest BCUT2D eigenvalue weighted by atomic mass is 10.2. The molecule has 1 aromatic heterocycles. The van der Waals surface area contributed by atoms with E-state index in [0.29, 0.717) is 12.4 Å². The van der Waals surface area contributed by atoms with Crippen molar-refractivity contribution in [2.75, 3.05) is 5.73 Å². The molecular weight excluding hydrogens is 324 g/mol. The van der Waals surface area contributed by atoms with Crippen molar-refractivity contribution in [2.24, 2.45) is 0 Å². The molecule has 0 amide bonds. The summed E-state index contributed by atoms with van der Waals surface area (Å²) in [6.45, 7) is 0.688. The van der Waals surface area contributed by atoms with E-state index in [1.807, 2.05) is 35.1 Å². The van der Waals surface area contributed by atoms with E-state index in [4.69, 9.17) is 17.3 Å². The van der Waals surface area contributed by atoms with E-state index in [1.165, 1.54) is 0 Å². The highest BCUT2D eigenvalue weighted by atomic mass is 127. The van der Waals surface area contributed by atoms with Gasteiger partial charge >= 0.3 is 0 Å². The number of anilines is 1. The summed E-state index contributed by atoms with van der Waals surface area (Å²) in [6.07, 6.45) is 1.91. The molecule has 78 valence electrons. The third kappa shape index (κ3) is 2.63. The Kier molecular flexibility index (Phi) is 3.16. The average molecular weight is 334 g/mol. The van der Waals surface area contributed by atoms with Crippen molar-refractivity contribution in [3.05, 3.63) is 44.6 Å². The summed E-state index contributed by atoms with van der Waals surface area (Å²) in [5, 5.41) is 4.92. The molecule has 0 aliphatic carbocycles. The van der Waals surface area contributed by atoms with Crippen LogP contribution in [0.3, 0.4) is 0 Å². The Morgan fingerprint density at radius 3 is 2.87 bits per heavy atom. The first-order valence-corrected chi connectivity index (χ1v) is 5.83. The second kappa shape index (κ2) is 4.40. The maximum Gasteiger partial charge on any atom is 0.158 e. The van der Waals surface area contributed by atoms with E-state index < -0.39 is 0 Å². The molecule has 2 N–H and O–H groups in total. The molecule has 0 saturated heterocycles. The van der Waals surface area contributed by atoms with Gasteiger partial charge in [0.05, 0.1) is 10.1 Å². The first-order chi connectivity index (χ1) is 7.15. The van der Waals surface area contributed by atoms with Gasteiger partial charge in [0.2, 0.25) is 0 Å². The molecule has 0 radical (unpaired) electrons. The number of nitrogen functional groups attached to an aromatic ring is 1. The average Bonchev–Trinajstić information content (AvgIpc) is 2.45. The number of rotatable bonds is 2. The predicted octanol–water partition coefficient (Wildman–Crippen LogP) is 2.77. The summed E-state index contributed by atoms with van der Waals surface area (Å²) >= 11 is 8.05. The molecule has 1 heterocycles. The smallest absolute Gasteiger partial charge is 0.158 e. The summed E-state index contributed by atoms with van der Waals surface area (Å²) in [4.78, 5) is 0. The lowest BCUT2D eigenvalue weighted by Gasteiger charge is -2.01. The molecule has 5 heteroatoms. The van der Waals surface area contributed by atoms with E-state index in [1.54, 1.807) is 0 Å². The van der Waals surface area contributed by atoms with Crippen LogP contribution in [0.25, 0.3) is 0 Å². The maximum atomic E-state index is 5.89. The van der Waals surface area contributed by atoms with Crippen molar-refractivity contribution in [1.29, 1.82) is 0 Å². The molecule has 0 aliphatic heterocycles. The fraction of sp³-hybridized carbons (Fsp3) is 0.100. The number of benzene rings is 1. The highest BCUT2D eigenvalue weighted by molar-refractivity contribution is 14.1. The van der Waals surface area contributed by atoms with Crippen LogP contribution in [0, 0.1) is 3.57 Å². The zero-order valence-electron chi connectivity index (χ0n) is 7.82. The van der Waals surface area contributed by atoms with Crippen LogP contribution in [0.4, 0.5) is 5.82 Å². The SMILES string of the molecule is Nc1nn(Cc2cccc(Cl)c2)cc1I. The number of hydrogen-bond donors (Lipinski definition) is 1. The molecule has 0 spiro atoms. The topological polar surface area (TPSA) is 43.8 Å². The molecular formula is C10H9ClIN3. The van der Waals surface area contributed by atoms with Crippen molar-refractivity contribution >= 4 is 40.0 Å². The Bertz CT molecular complexity index is 462. The van der Waals surface area contributed by atoms with Crippen LogP contribution in [0.2, 0.25) is 5.02 Å². The second-order valence-corrected chi connectivity index (χ2v) is 4.79. The quantitative estimate of drug-likeness (QED) is 0.859. The van der Waals surface area contributed by atoms with Gasteiger partial charge in [-0.2, -0.15) is 5.10 Å². The maximum absolute atomic E-state index is 5.89. The van der Waals surface area contributed by atoms with Crippen molar-refractivity contribution in [3.8, 4) is 0 Å². The summed E-state index contributed by atoms with van der Waals surface area (Å²) in [5.74, 6) is 0.567. The van der Waals surface area contributed by atoms with E-state index in [9.17, 15) is 0 Å². The van der Waals surface area contributed by atoms with Gasteiger partial charge in [-0.1, -0.05) is 23.7 Å². The van der Waals surface area contributed by atoms with Gasteiger partial charge in [-0.3, -0.25) is 4.68 Å².